The van der Waals surface area contributed by atoms with E-state index in [-0.39, 0.29) is 18.2 Å². The molecule has 0 radical (unpaired) electrons. The lowest BCUT2D eigenvalue weighted by atomic mass is 10.1. The molecule has 6 heteroatoms. The lowest BCUT2D eigenvalue weighted by Crippen LogP contribution is -2.29. The molecular weight excluding hydrogens is 216 g/mol. The summed E-state index contributed by atoms with van der Waals surface area (Å²) >= 11 is 1.35. The van der Waals surface area contributed by atoms with Crippen molar-refractivity contribution in [3.8, 4) is 0 Å². The number of carbonyl (C=O) groups is 2. The van der Waals surface area contributed by atoms with Crippen molar-refractivity contribution in [1.82, 2.24) is 10.3 Å². The van der Waals surface area contributed by atoms with Gasteiger partial charge in [-0.1, -0.05) is 6.92 Å². The minimum absolute atomic E-state index is 0.0529. The van der Waals surface area contributed by atoms with Gasteiger partial charge in [0.25, 0.3) is 5.91 Å². The summed E-state index contributed by atoms with van der Waals surface area (Å²) in [5.74, 6) is -1.19. The molecule has 1 aromatic rings. The Kier molecular flexibility index (Phi) is 4.23. The van der Waals surface area contributed by atoms with Gasteiger partial charge in [0.15, 0.2) is 0 Å². The molecule has 1 rings (SSSR count). The first-order valence-corrected chi connectivity index (χ1v) is 5.42. The van der Waals surface area contributed by atoms with Crippen molar-refractivity contribution in [2.45, 2.75) is 13.3 Å². The number of aliphatic carboxylic acids is 1. The van der Waals surface area contributed by atoms with Crippen LogP contribution in [0, 0.1) is 5.92 Å². The van der Waals surface area contributed by atoms with E-state index in [4.69, 9.17) is 5.11 Å². The molecule has 0 saturated heterocycles. The van der Waals surface area contributed by atoms with Gasteiger partial charge in [-0.05, 0) is 5.92 Å². The van der Waals surface area contributed by atoms with Gasteiger partial charge in [-0.2, -0.15) is 0 Å². The molecule has 0 aliphatic heterocycles. The van der Waals surface area contributed by atoms with Crippen molar-refractivity contribution in [1.29, 1.82) is 0 Å². The lowest BCUT2D eigenvalue weighted by molar-refractivity contribution is -0.137. The zero-order valence-electron chi connectivity index (χ0n) is 8.27. The third-order valence-electron chi connectivity index (χ3n) is 1.80. The predicted molar refractivity (Wildman–Crippen MR) is 55.9 cm³/mol. The first-order chi connectivity index (χ1) is 7.09. The molecule has 2 N–H and O–H groups in total. The summed E-state index contributed by atoms with van der Waals surface area (Å²) in [5.41, 5.74) is 1.96. The zero-order chi connectivity index (χ0) is 11.3. The van der Waals surface area contributed by atoms with Crippen LogP contribution in [0.2, 0.25) is 0 Å². The fraction of sp³-hybridized carbons (Fsp3) is 0.444. The second-order valence-electron chi connectivity index (χ2n) is 3.29. The molecular formula is C9H12N2O3S. The lowest BCUT2D eigenvalue weighted by Gasteiger charge is -2.08. The van der Waals surface area contributed by atoms with E-state index >= 15 is 0 Å². The van der Waals surface area contributed by atoms with E-state index in [0.29, 0.717) is 12.2 Å². The van der Waals surface area contributed by atoms with Gasteiger partial charge in [0.05, 0.1) is 5.51 Å². The monoisotopic (exact) mass is 228 g/mol. The van der Waals surface area contributed by atoms with Gasteiger partial charge in [0.2, 0.25) is 0 Å². The highest BCUT2D eigenvalue weighted by molar-refractivity contribution is 7.07. The van der Waals surface area contributed by atoms with Crippen LogP contribution in [0.1, 0.15) is 23.8 Å². The normalized spacial score (nSPS) is 12.1. The van der Waals surface area contributed by atoms with Crippen molar-refractivity contribution < 1.29 is 14.7 Å². The van der Waals surface area contributed by atoms with Gasteiger partial charge in [-0.25, -0.2) is 4.98 Å². The molecule has 1 amide bonds. The average Bonchev–Trinajstić information content (AvgIpc) is 2.65. The molecule has 1 unspecified atom stereocenters. The quantitative estimate of drug-likeness (QED) is 0.787. The largest absolute Gasteiger partial charge is 0.481 e. The summed E-state index contributed by atoms with van der Waals surface area (Å²) in [6.07, 6.45) is 0.0529. The number of hydrogen-bond acceptors (Lipinski definition) is 4. The van der Waals surface area contributed by atoms with Gasteiger partial charge >= 0.3 is 5.97 Å². The Labute approximate surface area is 91.1 Å². The Morgan fingerprint density at radius 3 is 2.93 bits per heavy atom. The Morgan fingerprint density at radius 2 is 2.40 bits per heavy atom. The topological polar surface area (TPSA) is 79.3 Å². The van der Waals surface area contributed by atoms with Crippen LogP contribution >= 0.6 is 11.3 Å². The molecule has 1 aromatic heterocycles. The summed E-state index contributed by atoms with van der Waals surface area (Å²) in [5, 5.41) is 12.8. The minimum Gasteiger partial charge on any atom is -0.481 e. The molecule has 1 atom stereocenters. The number of carboxylic acid groups (broad SMARTS) is 1. The van der Waals surface area contributed by atoms with Crippen LogP contribution in [0.15, 0.2) is 10.9 Å². The molecule has 0 spiro atoms. The summed E-state index contributed by atoms with van der Waals surface area (Å²) in [6, 6.07) is 0. The van der Waals surface area contributed by atoms with Gasteiger partial charge in [-0.15, -0.1) is 11.3 Å². The van der Waals surface area contributed by atoms with Crippen LogP contribution < -0.4 is 5.32 Å². The summed E-state index contributed by atoms with van der Waals surface area (Å²) in [6.45, 7) is 2.12. The van der Waals surface area contributed by atoms with Gasteiger partial charge < -0.3 is 10.4 Å². The molecule has 5 nitrogen and oxygen atoms in total. The highest BCUT2D eigenvalue weighted by Crippen LogP contribution is 2.02. The van der Waals surface area contributed by atoms with Crippen LogP contribution in [0.4, 0.5) is 0 Å². The van der Waals surface area contributed by atoms with E-state index in [9.17, 15) is 9.59 Å². The fourth-order valence-electron chi connectivity index (χ4n) is 1.05. The van der Waals surface area contributed by atoms with Crippen LogP contribution in [0.25, 0.3) is 0 Å². The third kappa shape index (κ3) is 4.07. The van der Waals surface area contributed by atoms with Gasteiger partial charge in [-0.3, -0.25) is 9.59 Å². The van der Waals surface area contributed by atoms with Gasteiger partial charge in [0.1, 0.15) is 5.69 Å². The second kappa shape index (κ2) is 5.45. The number of carbonyl (C=O) groups excluding carboxylic acids is 1. The molecule has 1 heterocycles. The van der Waals surface area contributed by atoms with Crippen molar-refractivity contribution in [2.24, 2.45) is 5.92 Å². The van der Waals surface area contributed by atoms with Crippen LogP contribution in [0.3, 0.4) is 0 Å². The first-order valence-electron chi connectivity index (χ1n) is 4.47. The van der Waals surface area contributed by atoms with E-state index in [2.05, 4.69) is 10.3 Å². The Bertz CT molecular complexity index is 337. The van der Waals surface area contributed by atoms with Gasteiger partial charge in [0, 0.05) is 18.3 Å². The number of rotatable bonds is 5. The second-order valence-corrected chi connectivity index (χ2v) is 4.01. The van der Waals surface area contributed by atoms with E-state index < -0.39 is 5.97 Å². The maximum atomic E-state index is 11.4. The number of thiazole rings is 1. The molecule has 0 saturated carbocycles. The predicted octanol–water partition coefficient (Wildman–Crippen LogP) is 0.984. The average molecular weight is 228 g/mol. The number of hydrogen-bond donors (Lipinski definition) is 2. The van der Waals surface area contributed by atoms with Crippen LogP contribution in [-0.4, -0.2) is 28.5 Å². The van der Waals surface area contributed by atoms with E-state index in [1.165, 1.54) is 11.3 Å². The fourth-order valence-corrected chi connectivity index (χ4v) is 1.58. The molecule has 0 aliphatic rings. The SMILES string of the molecule is CC(CNC(=O)c1cscn1)CC(=O)O. The minimum atomic E-state index is -0.856. The molecule has 82 valence electrons. The number of nitrogens with one attached hydrogen (secondary N) is 1. The molecule has 0 bridgehead atoms. The molecule has 0 aromatic carbocycles. The number of aromatic nitrogens is 1. The van der Waals surface area contributed by atoms with E-state index in [1.807, 2.05) is 0 Å². The standard InChI is InChI=1S/C9H12N2O3S/c1-6(2-8(12)13)3-10-9(14)7-4-15-5-11-7/h4-6H,2-3H2,1H3,(H,10,14)(H,12,13). The molecule has 0 aliphatic carbocycles. The van der Waals surface area contributed by atoms with Crippen molar-refractivity contribution in [2.75, 3.05) is 6.54 Å². The third-order valence-corrected chi connectivity index (χ3v) is 2.39. The highest BCUT2D eigenvalue weighted by atomic mass is 32.1. The highest BCUT2D eigenvalue weighted by Gasteiger charge is 2.11. The maximum absolute atomic E-state index is 11.4. The van der Waals surface area contributed by atoms with Crippen LogP contribution in [-0.2, 0) is 4.79 Å². The summed E-state index contributed by atoms with van der Waals surface area (Å²) < 4.78 is 0. The van der Waals surface area contributed by atoms with Crippen LogP contribution in [0.5, 0.6) is 0 Å². The zero-order valence-corrected chi connectivity index (χ0v) is 9.08. The Balaban J connectivity index is 2.31. The number of nitrogens with zero attached hydrogens (tertiary/aromatic N) is 1. The molecule has 15 heavy (non-hydrogen) atoms. The summed E-state index contributed by atoms with van der Waals surface area (Å²) in [7, 11) is 0. The summed E-state index contributed by atoms with van der Waals surface area (Å²) in [4.78, 5) is 25.6. The van der Waals surface area contributed by atoms with Crippen molar-refractivity contribution in [3.05, 3.63) is 16.6 Å². The van der Waals surface area contributed by atoms with E-state index in [0.717, 1.165) is 0 Å². The van der Waals surface area contributed by atoms with E-state index in [1.54, 1.807) is 17.8 Å². The van der Waals surface area contributed by atoms with Crippen molar-refractivity contribution >= 4 is 23.2 Å². The Hall–Kier alpha value is -1.43. The first kappa shape index (κ1) is 11.6. The van der Waals surface area contributed by atoms with Crippen molar-refractivity contribution in [3.63, 3.8) is 0 Å². The maximum Gasteiger partial charge on any atom is 0.303 e. The number of amides is 1. The molecule has 0 fully saturated rings. The number of carboxylic acids is 1. The Morgan fingerprint density at radius 1 is 1.67 bits per heavy atom. The smallest absolute Gasteiger partial charge is 0.303 e.